The number of esters is 1. The van der Waals surface area contributed by atoms with E-state index in [1.54, 1.807) is 13.1 Å². The molecule has 0 aliphatic rings. The molecule has 13 heavy (non-hydrogen) atoms. The highest BCUT2D eigenvalue weighted by Crippen LogP contribution is 2.08. The van der Waals surface area contributed by atoms with Crippen LogP contribution in [0.2, 0.25) is 0 Å². The van der Waals surface area contributed by atoms with Gasteiger partial charge in [0.05, 0.1) is 12.4 Å². The Morgan fingerprint density at radius 1 is 1.77 bits per heavy atom. The first-order chi connectivity index (χ1) is 6.33. The Labute approximate surface area is 81.1 Å². The normalized spacial score (nSPS) is 9.92. The lowest BCUT2D eigenvalue weighted by Gasteiger charge is -1.99. The van der Waals surface area contributed by atoms with Crippen molar-refractivity contribution in [3.05, 3.63) is 18.0 Å². The molecule has 1 N–H and O–H groups in total. The van der Waals surface area contributed by atoms with Crippen molar-refractivity contribution in [1.82, 2.24) is 10.2 Å². The highest BCUT2D eigenvalue weighted by atomic mass is 32.2. The Balaban J connectivity index is 2.11. The van der Waals surface area contributed by atoms with E-state index in [1.807, 2.05) is 6.07 Å². The first-order valence-electron chi connectivity index (χ1n) is 4.04. The van der Waals surface area contributed by atoms with E-state index in [4.69, 9.17) is 4.74 Å². The molecule has 72 valence electrons. The third-order valence-electron chi connectivity index (χ3n) is 1.34. The smallest absolute Gasteiger partial charge is 0.315 e. The number of thioether (sulfide) groups is 1. The van der Waals surface area contributed by atoms with Gasteiger partial charge in [0.15, 0.2) is 0 Å². The number of carbonyl (C=O) groups excluding carboxylic acids is 1. The minimum absolute atomic E-state index is 0.160. The van der Waals surface area contributed by atoms with Gasteiger partial charge >= 0.3 is 5.97 Å². The van der Waals surface area contributed by atoms with Crippen molar-refractivity contribution in [2.45, 2.75) is 12.7 Å². The zero-order valence-electron chi connectivity index (χ0n) is 7.45. The Hall–Kier alpha value is -0.970. The monoisotopic (exact) mass is 200 g/mol. The number of nitrogens with one attached hydrogen (secondary N) is 1. The Morgan fingerprint density at radius 3 is 3.23 bits per heavy atom. The van der Waals surface area contributed by atoms with Gasteiger partial charge in [0.2, 0.25) is 0 Å². The number of carbonyl (C=O) groups is 1. The molecular weight excluding hydrogens is 188 g/mol. The quantitative estimate of drug-likeness (QED) is 0.726. The first-order valence-corrected chi connectivity index (χ1v) is 5.20. The van der Waals surface area contributed by atoms with E-state index in [0.29, 0.717) is 12.4 Å². The van der Waals surface area contributed by atoms with E-state index in [0.717, 1.165) is 11.4 Å². The van der Waals surface area contributed by atoms with E-state index in [1.165, 1.54) is 11.8 Å². The van der Waals surface area contributed by atoms with Gasteiger partial charge < -0.3 is 4.74 Å². The van der Waals surface area contributed by atoms with E-state index >= 15 is 0 Å². The summed E-state index contributed by atoms with van der Waals surface area (Å²) in [6.07, 6.45) is 1.69. The lowest BCUT2D eigenvalue weighted by molar-refractivity contribution is -0.139. The lowest BCUT2D eigenvalue weighted by Crippen LogP contribution is -2.06. The predicted molar refractivity (Wildman–Crippen MR) is 51.4 cm³/mol. The van der Waals surface area contributed by atoms with Crippen LogP contribution in [0.4, 0.5) is 0 Å². The van der Waals surface area contributed by atoms with E-state index in [-0.39, 0.29) is 5.97 Å². The maximum atomic E-state index is 10.9. The minimum atomic E-state index is -0.160. The van der Waals surface area contributed by atoms with E-state index in [2.05, 4.69) is 10.2 Å². The molecule has 1 rings (SSSR count). The number of nitrogens with zero attached hydrogens (tertiary/aromatic N) is 1. The maximum Gasteiger partial charge on any atom is 0.315 e. The molecule has 0 radical (unpaired) electrons. The highest BCUT2D eigenvalue weighted by molar-refractivity contribution is 7.99. The maximum absolute atomic E-state index is 10.9. The second kappa shape index (κ2) is 5.64. The van der Waals surface area contributed by atoms with Gasteiger partial charge in [0, 0.05) is 17.6 Å². The molecule has 5 heteroatoms. The van der Waals surface area contributed by atoms with Crippen LogP contribution in [0, 0.1) is 0 Å². The molecular formula is C8H12N2O2S. The summed E-state index contributed by atoms with van der Waals surface area (Å²) in [5, 5.41) is 6.62. The van der Waals surface area contributed by atoms with Gasteiger partial charge in [-0.05, 0) is 13.0 Å². The standard InChI is InChI=1S/C8H12N2O2S/c1-2-12-8(11)6-13-5-7-3-4-9-10-7/h3-4H,2,5-6H2,1H3,(H,9,10). The zero-order chi connectivity index (χ0) is 9.52. The number of rotatable bonds is 5. The van der Waals surface area contributed by atoms with Crippen LogP contribution >= 0.6 is 11.8 Å². The van der Waals surface area contributed by atoms with Gasteiger partial charge in [-0.1, -0.05) is 0 Å². The third kappa shape index (κ3) is 3.98. The first kappa shape index (κ1) is 10.1. The average Bonchev–Trinajstić information content (AvgIpc) is 2.57. The molecule has 0 saturated carbocycles. The number of aromatic nitrogens is 2. The third-order valence-corrected chi connectivity index (χ3v) is 2.30. The second-order valence-electron chi connectivity index (χ2n) is 2.38. The number of ether oxygens (including phenoxy) is 1. The molecule has 1 aromatic heterocycles. The fourth-order valence-electron chi connectivity index (χ4n) is 0.812. The molecule has 1 aromatic rings. The van der Waals surface area contributed by atoms with Crippen LogP contribution in [-0.4, -0.2) is 28.5 Å². The van der Waals surface area contributed by atoms with Crippen LogP contribution in [0.25, 0.3) is 0 Å². The fraction of sp³-hybridized carbons (Fsp3) is 0.500. The van der Waals surface area contributed by atoms with Crippen LogP contribution < -0.4 is 0 Å². The predicted octanol–water partition coefficient (Wildman–Crippen LogP) is 1.21. The molecule has 0 bridgehead atoms. The summed E-state index contributed by atoms with van der Waals surface area (Å²) in [6.45, 7) is 2.25. The molecule has 0 unspecified atom stereocenters. The average molecular weight is 200 g/mol. The highest BCUT2D eigenvalue weighted by Gasteiger charge is 2.01. The van der Waals surface area contributed by atoms with Gasteiger partial charge in [-0.15, -0.1) is 11.8 Å². The minimum Gasteiger partial charge on any atom is -0.465 e. The number of hydrogen-bond acceptors (Lipinski definition) is 4. The summed E-state index contributed by atoms with van der Waals surface area (Å²) in [5.41, 5.74) is 1.02. The number of H-pyrrole nitrogens is 1. The summed E-state index contributed by atoms with van der Waals surface area (Å²) < 4.78 is 4.78. The van der Waals surface area contributed by atoms with Crippen LogP contribution in [0.15, 0.2) is 12.3 Å². The van der Waals surface area contributed by atoms with Crippen molar-refractivity contribution in [2.75, 3.05) is 12.4 Å². The topological polar surface area (TPSA) is 55.0 Å². The molecule has 0 aliphatic carbocycles. The molecule has 0 saturated heterocycles. The van der Waals surface area contributed by atoms with Crippen LogP contribution in [0.3, 0.4) is 0 Å². The van der Waals surface area contributed by atoms with Crippen molar-refractivity contribution in [3.63, 3.8) is 0 Å². The summed E-state index contributed by atoms with van der Waals surface area (Å²) in [6, 6.07) is 1.89. The molecule has 0 amide bonds. The number of aromatic amines is 1. The molecule has 0 atom stereocenters. The van der Waals surface area contributed by atoms with Crippen molar-refractivity contribution in [1.29, 1.82) is 0 Å². The van der Waals surface area contributed by atoms with Crippen molar-refractivity contribution in [2.24, 2.45) is 0 Å². The molecule has 0 spiro atoms. The van der Waals surface area contributed by atoms with E-state index < -0.39 is 0 Å². The summed E-state index contributed by atoms with van der Waals surface area (Å²) in [7, 11) is 0. The van der Waals surface area contributed by atoms with Crippen LogP contribution in [0.1, 0.15) is 12.6 Å². The summed E-state index contributed by atoms with van der Waals surface area (Å²) in [4.78, 5) is 10.9. The van der Waals surface area contributed by atoms with Crippen molar-refractivity contribution < 1.29 is 9.53 Å². The molecule has 0 aromatic carbocycles. The van der Waals surface area contributed by atoms with Gasteiger partial charge in [0.1, 0.15) is 0 Å². The molecule has 0 aliphatic heterocycles. The Kier molecular flexibility index (Phi) is 4.39. The zero-order valence-corrected chi connectivity index (χ0v) is 8.26. The molecule has 1 heterocycles. The summed E-state index contributed by atoms with van der Waals surface area (Å²) in [5.74, 6) is 0.998. The number of hydrogen-bond donors (Lipinski definition) is 1. The van der Waals surface area contributed by atoms with Crippen LogP contribution in [0.5, 0.6) is 0 Å². The lowest BCUT2D eigenvalue weighted by atomic mass is 10.5. The second-order valence-corrected chi connectivity index (χ2v) is 3.37. The Morgan fingerprint density at radius 2 is 2.62 bits per heavy atom. The molecule has 0 fully saturated rings. The summed E-state index contributed by atoms with van der Waals surface area (Å²) >= 11 is 1.51. The van der Waals surface area contributed by atoms with Gasteiger partial charge in [-0.3, -0.25) is 9.89 Å². The van der Waals surface area contributed by atoms with Crippen LogP contribution in [-0.2, 0) is 15.3 Å². The van der Waals surface area contributed by atoms with Gasteiger partial charge in [-0.25, -0.2) is 0 Å². The SMILES string of the molecule is CCOC(=O)CSCc1ccn[nH]1. The fourth-order valence-corrected chi connectivity index (χ4v) is 1.54. The van der Waals surface area contributed by atoms with Gasteiger partial charge in [-0.2, -0.15) is 5.10 Å². The molecule has 4 nitrogen and oxygen atoms in total. The Bertz CT molecular complexity index is 249. The largest absolute Gasteiger partial charge is 0.465 e. The van der Waals surface area contributed by atoms with E-state index in [9.17, 15) is 4.79 Å². The van der Waals surface area contributed by atoms with Crippen molar-refractivity contribution >= 4 is 17.7 Å². The van der Waals surface area contributed by atoms with Crippen molar-refractivity contribution in [3.8, 4) is 0 Å². The van der Waals surface area contributed by atoms with Gasteiger partial charge in [0.25, 0.3) is 0 Å².